The van der Waals surface area contributed by atoms with E-state index in [-0.39, 0.29) is 22.7 Å². The monoisotopic (exact) mass is 580 g/mol. The van der Waals surface area contributed by atoms with Crippen LogP contribution in [-0.4, -0.2) is 63.8 Å². The zero-order valence-corrected chi connectivity index (χ0v) is 20.1. The van der Waals surface area contributed by atoms with Crippen molar-refractivity contribution < 1.29 is 23.2 Å². The fourth-order valence-electron chi connectivity index (χ4n) is 3.03. The van der Waals surface area contributed by atoms with E-state index in [4.69, 9.17) is 21.5 Å². The van der Waals surface area contributed by atoms with Crippen molar-refractivity contribution in [1.82, 2.24) is 15.1 Å². The van der Waals surface area contributed by atoms with Gasteiger partial charge in [0.1, 0.15) is 0 Å². The molecule has 0 aromatic heterocycles. The van der Waals surface area contributed by atoms with Crippen molar-refractivity contribution in [3.05, 3.63) is 50.6 Å². The maximum Gasteiger partial charge on any atom is 0.276 e. The third kappa shape index (κ3) is 6.51. The Morgan fingerprint density at radius 1 is 1.16 bits per heavy atom. The van der Waals surface area contributed by atoms with Crippen LogP contribution in [0.5, 0.6) is 0 Å². The van der Waals surface area contributed by atoms with Gasteiger partial charge in [-0.1, -0.05) is 11.6 Å². The van der Waals surface area contributed by atoms with Gasteiger partial charge >= 0.3 is 0 Å². The average Bonchev–Trinajstić information content (AvgIpc) is 2.75. The van der Waals surface area contributed by atoms with Crippen LogP contribution in [0.15, 0.2) is 41.3 Å². The van der Waals surface area contributed by atoms with E-state index in [0.717, 1.165) is 16.7 Å². The molecule has 4 N–H and O–H groups in total. The Hall–Kier alpha value is -1.48. The van der Waals surface area contributed by atoms with Gasteiger partial charge in [-0.15, -0.1) is 0 Å². The van der Waals surface area contributed by atoms with Gasteiger partial charge in [-0.2, -0.15) is 0 Å². The summed E-state index contributed by atoms with van der Waals surface area (Å²) in [6.45, 7) is 3.60. The van der Waals surface area contributed by atoms with Crippen LogP contribution in [0.1, 0.15) is 10.4 Å². The van der Waals surface area contributed by atoms with Gasteiger partial charge in [0.25, 0.3) is 5.91 Å². The van der Waals surface area contributed by atoms with E-state index in [1.807, 2.05) is 6.07 Å². The number of hydroxylamine groups is 1. The molecule has 0 atom stereocenters. The highest BCUT2D eigenvalue weighted by atomic mass is 127. The number of rotatable bonds is 8. The number of ether oxygens (including phenoxy) is 1. The molecule has 12 heteroatoms. The number of nitrogens with zero attached hydrogens (tertiary/aromatic N) is 1. The van der Waals surface area contributed by atoms with Gasteiger partial charge in [0.15, 0.2) is 0 Å². The lowest BCUT2D eigenvalue weighted by atomic mass is 10.1. The largest absolute Gasteiger partial charge is 0.379 e. The van der Waals surface area contributed by atoms with E-state index in [1.165, 1.54) is 18.2 Å². The molecule has 0 saturated carbocycles. The maximum atomic E-state index is 12.8. The molecular formula is C19H22ClIN4O5S. The van der Waals surface area contributed by atoms with E-state index in [2.05, 4.69) is 37.5 Å². The second-order valence-corrected chi connectivity index (χ2v) is 10.2. The normalized spacial score (nSPS) is 14.9. The zero-order chi connectivity index (χ0) is 22.4. The van der Waals surface area contributed by atoms with Crippen LogP contribution < -0.4 is 15.5 Å². The number of hydrogen-bond acceptors (Lipinski definition) is 7. The van der Waals surface area contributed by atoms with E-state index in [1.54, 1.807) is 17.6 Å². The fraction of sp³-hybridized carbons (Fsp3) is 0.316. The molecule has 1 heterocycles. The van der Waals surface area contributed by atoms with Gasteiger partial charge in [0.2, 0.25) is 10.0 Å². The molecule has 0 radical (unpaired) electrons. The lowest BCUT2D eigenvalue weighted by Gasteiger charge is -2.26. The predicted molar refractivity (Wildman–Crippen MR) is 126 cm³/mol. The number of halogens is 2. The molecule has 1 saturated heterocycles. The second-order valence-electron chi connectivity index (χ2n) is 6.75. The van der Waals surface area contributed by atoms with E-state index < -0.39 is 15.9 Å². The van der Waals surface area contributed by atoms with Crippen LogP contribution in [0.25, 0.3) is 0 Å². The van der Waals surface area contributed by atoms with Crippen LogP contribution in [0, 0.1) is 3.57 Å². The number of carbonyl (C=O) groups is 1. The highest BCUT2D eigenvalue weighted by Gasteiger charge is 2.20. The summed E-state index contributed by atoms with van der Waals surface area (Å²) in [6, 6.07) is 9.22. The van der Waals surface area contributed by atoms with E-state index in [0.29, 0.717) is 30.5 Å². The Bertz CT molecular complexity index is 1050. The lowest BCUT2D eigenvalue weighted by molar-refractivity contribution is 0.0390. The summed E-state index contributed by atoms with van der Waals surface area (Å²) in [4.78, 5) is 14.2. The summed E-state index contributed by atoms with van der Waals surface area (Å²) in [7, 11) is -3.82. The number of benzene rings is 2. The van der Waals surface area contributed by atoms with Gasteiger partial charge in [-0.05, 0) is 59.0 Å². The van der Waals surface area contributed by atoms with Crippen molar-refractivity contribution in [2.24, 2.45) is 0 Å². The Morgan fingerprint density at radius 2 is 1.90 bits per heavy atom. The molecule has 1 fully saturated rings. The molecule has 0 bridgehead atoms. The third-order valence-electron chi connectivity index (χ3n) is 4.67. The Kier molecular flexibility index (Phi) is 8.50. The van der Waals surface area contributed by atoms with Gasteiger partial charge in [0.05, 0.1) is 40.1 Å². The average molecular weight is 581 g/mol. The zero-order valence-electron chi connectivity index (χ0n) is 16.4. The van der Waals surface area contributed by atoms with Gasteiger partial charge < -0.3 is 10.1 Å². The van der Waals surface area contributed by atoms with Crippen molar-refractivity contribution in [2.45, 2.75) is 4.90 Å². The maximum absolute atomic E-state index is 12.8. The first-order valence-electron chi connectivity index (χ1n) is 9.40. The standard InChI is InChI=1S/C19H22ClIN4O5S/c20-16-11-13(21)1-4-17(16)23-18-12-14(2-3-15(18)19(26)24-27)31(28,29)22-5-6-25-7-9-30-10-8-25/h1-4,11-12,22-23,27H,5-10H2,(H,24,26). The number of sulfonamides is 1. The molecule has 9 nitrogen and oxygen atoms in total. The van der Waals surface area contributed by atoms with Gasteiger partial charge in [-0.3, -0.25) is 14.9 Å². The molecule has 1 aliphatic rings. The smallest absolute Gasteiger partial charge is 0.276 e. The molecule has 0 spiro atoms. The number of nitrogens with one attached hydrogen (secondary N) is 3. The first-order chi connectivity index (χ1) is 14.8. The Morgan fingerprint density at radius 3 is 2.58 bits per heavy atom. The van der Waals surface area contributed by atoms with Crippen molar-refractivity contribution in [2.75, 3.05) is 44.7 Å². The Labute approximate surface area is 199 Å². The first kappa shape index (κ1) is 24.2. The number of hydrogen-bond donors (Lipinski definition) is 4. The van der Waals surface area contributed by atoms with Crippen LogP contribution in [0.4, 0.5) is 11.4 Å². The van der Waals surface area contributed by atoms with Gasteiger partial charge in [0, 0.05) is 29.7 Å². The minimum Gasteiger partial charge on any atom is -0.379 e. The molecule has 0 aliphatic carbocycles. The molecule has 1 amide bonds. The molecule has 2 aromatic rings. The highest BCUT2D eigenvalue weighted by molar-refractivity contribution is 14.1. The second kappa shape index (κ2) is 10.9. The minimum atomic E-state index is -3.82. The van der Waals surface area contributed by atoms with Crippen LogP contribution in [0.2, 0.25) is 5.02 Å². The molecule has 0 unspecified atom stereocenters. The van der Waals surface area contributed by atoms with Crippen molar-refractivity contribution in [3.8, 4) is 0 Å². The van der Waals surface area contributed by atoms with Gasteiger partial charge in [-0.25, -0.2) is 18.6 Å². The summed E-state index contributed by atoms with van der Waals surface area (Å²) >= 11 is 8.37. The SMILES string of the molecule is O=C(NO)c1ccc(S(=O)(=O)NCCN2CCOCC2)cc1Nc1ccc(I)cc1Cl. The third-order valence-corrected chi connectivity index (χ3v) is 7.11. The van der Waals surface area contributed by atoms with Crippen LogP contribution in [0.3, 0.4) is 0 Å². The quantitative estimate of drug-likeness (QED) is 0.215. The minimum absolute atomic E-state index is 0.0203. The molecular weight excluding hydrogens is 559 g/mol. The number of carbonyl (C=O) groups excluding carboxylic acids is 1. The summed E-state index contributed by atoms with van der Waals surface area (Å²) in [5.74, 6) is -0.784. The number of morpholine rings is 1. The lowest BCUT2D eigenvalue weighted by Crippen LogP contribution is -2.41. The Balaban J connectivity index is 1.81. The predicted octanol–water partition coefficient (Wildman–Crippen LogP) is 2.42. The summed E-state index contributed by atoms with van der Waals surface area (Å²) in [5, 5.41) is 12.4. The molecule has 2 aromatic carbocycles. The summed E-state index contributed by atoms with van der Waals surface area (Å²) in [5.41, 5.74) is 2.30. The molecule has 168 valence electrons. The van der Waals surface area contributed by atoms with E-state index in [9.17, 15) is 13.2 Å². The van der Waals surface area contributed by atoms with Crippen molar-refractivity contribution >= 4 is 61.5 Å². The van der Waals surface area contributed by atoms with Crippen LogP contribution in [-0.2, 0) is 14.8 Å². The number of anilines is 2. The van der Waals surface area contributed by atoms with Crippen molar-refractivity contribution in [3.63, 3.8) is 0 Å². The summed E-state index contributed by atoms with van der Waals surface area (Å²) < 4.78 is 34.3. The topological polar surface area (TPSA) is 120 Å². The van der Waals surface area contributed by atoms with Crippen LogP contribution >= 0.6 is 34.2 Å². The molecule has 3 rings (SSSR count). The van der Waals surface area contributed by atoms with E-state index >= 15 is 0 Å². The summed E-state index contributed by atoms with van der Waals surface area (Å²) in [6.07, 6.45) is 0. The first-order valence-corrected chi connectivity index (χ1v) is 12.3. The molecule has 1 aliphatic heterocycles. The fourth-order valence-corrected chi connectivity index (χ4v) is 4.98. The highest BCUT2D eigenvalue weighted by Crippen LogP contribution is 2.30. The van der Waals surface area contributed by atoms with Crippen molar-refractivity contribution in [1.29, 1.82) is 0 Å². The molecule has 31 heavy (non-hydrogen) atoms. The number of amides is 1.